The number of hydrogen-bond donors (Lipinski definition) is 2. The summed E-state index contributed by atoms with van der Waals surface area (Å²) in [6, 6.07) is -0.0408. The third-order valence-corrected chi connectivity index (χ3v) is 5.68. The second kappa shape index (κ2) is 6.99. The maximum Gasteiger partial charge on any atom is 0.279 e. The quantitative estimate of drug-likeness (QED) is 0.750. The van der Waals surface area contributed by atoms with Crippen molar-refractivity contribution >= 4 is 10.2 Å². The lowest BCUT2D eigenvalue weighted by molar-refractivity contribution is 0.0676. The number of ether oxygens (including phenoxy) is 1. The van der Waals surface area contributed by atoms with E-state index in [2.05, 4.69) is 4.72 Å². The smallest absolute Gasteiger partial charge is 0.279 e. The van der Waals surface area contributed by atoms with Crippen molar-refractivity contribution in [3.63, 3.8) is 0 Å². The van der Waals surface area contributed by atoms with Crippen LogP contribution in [0.4, 0.5) is 0 Å². The molecule has 7 heteroatoms. The molecule has 112 valence electrons. The number of nitrogens with zero attached hydrogens (tertiary/aromatic N) is 1. The number of rotatable bonds is 5. The van der Waals surface area contributed by atoms with E-state index in [-0.39, 0.29) is 6.04 Å². The van der Waals surface area contributed by atoms with Crippen LogP contribution in [0.1, 0.15) is 32.1 Å². The summed E-state index contributed by atoms with van der Waals surface area (Å²) in [7, 11) is -3.38. The number of nitrogens with two attached hydrogens (primary N) is 1. The van der Waals surface area contributed by atoms with Gasteiger partial charge < -0.3 is 10.5 Å². The monoisotopic (exact) mass is 291 g/mol. The largest absolute Gasteiger partial charge is 0.381 e. The molecule has 0 aromatic carbocycles. The van der Waals surface area contributed by atoms with E-state index in [1.54, 1.807) is 4.31 Å². The minimum Gasteiger partial charge on any atom is -0.381 e. The van der Waals surface area contributed by atoms with Gasteiger partial charge >= 0.3 is 0 Å². The number of hydrogen-bond acceptors (Lipinski definition) is 4. The molecule has 0 radical (unpaired) electrons. The van der Waals surface area contributed by atoms with Gasteiger partial charge in [0.15, 0.2) is 0 Å². The van der Waals surface area contributed by atoms with Gasteiger partial charge in [0, 0.05) is 38.9 Å². The lowest BCUT2D eigenvalue weighted by atomic mass is 10.0. The van der Waals surface area contributed by atoms with Gasteiger partial charge in [-0.05, 0) is 31.6 Å². The standard InChI is InChI=1S/C12H25N3O3S/c13-9-12-3-1-2-6-15(12)19(16,17)14-10-11-4-7-18-8-5-11/h11-12,14H,1-10,13H2. The maximum atomic E-state index is 12.3. The van der Waals surface area contributed by atoms with Gasteiger partial charge in [-0.15, -0.1) is 0 Å². The normalized spacial score (nSPS) is 27.5. The van der Waals surface area contributed by atoms with Crippen LogP contribution in [0.3, 0.4) is 0 Å². The van der Waals surface area contributed by atoms with Crippen molar-refractivity contribution < 1.29 is 13.2 Å². The van der Waals surface area contributed by atoms with Crippen LogP contribution in [0.5, 0.6) is 0 Å². The third-order valence-electron chi connectivity index (χ3n) is 4.05. The Balaban J connectivity index is 1.89. The first kappa shape index (κ1) is 15.2. The van der Waals surface area contributed by atoms with Crippen molar-refractivity contribution in [3.8, 4) is 0 Å². The molecule has 0 saturated carbocycles. The Morgan fingerprint density at radius 3 is 2.63 bits per heavy atom. The molecule has 1 atom stereocenters. The first-order chi connectivity index (χ1) is 9.13. The molecule has 0 aliphatic carbocycles. The Morgan fingerprint density at radius 1 is 1.21 bits per heavy atom. The summed E-state index contributed by atoms with van der Waals surface area (Å²) in [5.41, 5.74) is 5.68. The van der Waals surface area contributed by atoms with Gasteiger partial charge in [-0.25, -0.2) is 4.72 Å². The lowest BCUT2D eigenvalue weighted by Gasteiger charge is -2.34. The average molecular weight is 291 g/mol. The van der Waals surface area contributed by atoms with Crippen LogP contribution in [-0.2, 0) is 14.9 Å². The van der Waals surface area contributed by atoms with Crippen LogP contribution in [0.15, 0.2) is 0 Å². The Morgan fingerprint density at radius 2 is 1.95 bits per heavy atom. The van der Waals surface area contributed by atoms with Crippen molar-refractivity contribution in [3.05, 3.63) is 0 Å². The topological polar surface area (TPSA) is 84.7 Å². The molecular formula is C12H25N3O3S. The van der Waals surface area contributed by atoms with Gasteiger partial charge in [0.1, 0.15) is 0 Å². The van der Waals surface area contributed by atoms with Crippen LogP contribution in [-0.4, -0.2) is 51.6 Å². The molecule has 2 heterocycles. The molecule has 6 nitrogen and oxygen atoms in total. The highest BCUT2D eigenvalue weighted by molar-refractivity contribution is 7.87. The fraction of sp³-hybridized carbons (Fsp3) is 1.00. The van der Waals surface area contributed by atoms with Gasteiger partial charge in [-0.3, -0.25) is 0 Å². The molecule has 0 amide bonds. The lowest BCUT2D eigenvalue weighted by Crippen LogP contribution is -2.52. The molecule has 19 heavy (non-hydrogen) atoms. The minimum atomic E-state index is -3.38. The molecule has 2 fully saturated rings. The van der Waals surface area contributed by atoms with Crippen LogP contribution < -0.4 is 10.5 Å². The zero-order valence-corrected chi connectivity index (χ0v) is 12.2. The minimum absolute atomic E-state index is 0.0408. The van der Waals surface area contributed by atoms with E-state index >= 15 is 0 Å². The number of nitrogens with one attached hydrogen (secondary N) is 1. The molecule has 0 aromatic heterocycles. The number of piperidine rings is 1. The van der Waals surface area contributed by atoms with Crippen LogP contribution >= 0.6 is 0 Å². The predicted octanol–water partition coefficient (Wildman–Crippen LogP) is 0.0606. The molecular weight excluding hydrogens is 266 g/mol. The van der Waals surface area contributed by atoms with Gasteiger partial charge in [0.2, 0.25) is 0 Å². The van der Waals surface area contributed by atoms with Gasteiger partial charge in [-0.1, -0.05) is 6.42 Å². The molecule has 2 aliphatic heterocycles. The van der Waals surface area contributed by atoms with E-state index in [1.807, 2.05) is 0 Å². The van der Waals surface area contributed by atoms with E-state index in [4.69, 9.17) is 10.5 Å². The zero-order chi connectivity index (χ0) is 13.7. The third kappa shape index (κ3) is 4.13. The summed E-state index contributed by atoms with van der Waals surface area (Å²) in [5, 5.41) is 0. The van der Waals surface area contributed by atoms with Crippen molar-refractivity contribution in [2.75, 3.05) is 32.8 Å². The van der Waals surface area contributed by atoms with Crippen molar-refractivity contribution in [2.24, 2.45) is 11.7 Å². The molecule has 2 rings (SSSR count). The first-order valence-corrected chi connectivity index (χ1v) is 8.61. The highest BCUT2D eigenvalue weighted by Crippen LogP contribution is 2.20. The second-order valence-electron chi connectivity index (χ2n) is 5.41. The summed E-state index contributed by atoms with van der Waals surface area (Å²) >= 11 is 0. The Hall–Kier alpha value is -0.210. The van der Waals surface area contributed by atoms with Gasteiger partial charge in [-0.2, -0.15) is 12.7 Å². The summed E-state index contributed by atoms with van der Waals surface area (Å²) in [6.45, 7) is 2.98. The molecule has 3 N–H and O–H groups in total. The van der Waals surface area contributed by atoms with Gasteiger partial charge in [0.25, 0.3) is 10.2 Å². The van der Waals surface area contributed by atoms with Gasteiger partial charge in [0.05, 0.1) is 0 Å². The molecule has 0 aromatic rings. The average Bonchev–Trinajstić information content (AvgIpc) is 2.46. The van der Waals surface area contributed by atoms with Crippen molar-refractivity contribution in [1.29, 1.82) is 0 Å². The highest BCUT2D eigenvalue weighted by atomic mass is 32.2. The van der Waals surface area contributed by atoms with Crippen LogP contribution in [0.2, 0.25) is 0 Å². The fourth-order valence-corrected chi connectivity index (χ4v) is 4.35. The fourth-order valence-electron chi connectivity index (χ4n) is 2.78. The Labute approximate surface area is 115 Å². The molecule has 0 bridgehead atoms. The van der Waals surface area contributed by atoms with E-state index in [9.17, 15) is 8.42 Å². The Kier molecular flexibility index (Phi) is 5.58. The maximum absolute atomic E-state index is 12.3. The van der Waals surface area contributed by atoms with Crippen LogP contribution in [0, 0.1) is 5.92 Å². The SMILES string of the molecule is NCC1CCCCN1S(=O)(=O)NCC1CCOCC1. The molecule has 2 saturated heterocycles. The Bertz CT molecular complexity index is 368. The summed E-state index contributed by atoms with van der Waals surface area (Å²) in [4.78, 5) is 0. The summed E-state index contributed by atoms with van der Waals surface area (Å²) in [5.74, 6) is 0.393. The van der Waals surface area contributed by atoms with Crippen molar-refractivity contribution in [2.45, 2.75) is 38.1 Å². The second-order valence-corrected chi connectivity index (χ2v) is 7.11. The summed E-state index contributed by atoms with van der Waals surface area (Å²) < 4.78 is 34.2. The van der Waals surface area contributed by atoms with E-state index in [0.717, 1.165) is 45.3 Å². The first-order valence-electron chi connectivity index (χ1n) is 7.17. The molecule has 0 spiro atoms. The van der Waals surface area contributed by atoms with E-state index in [1.165, 1.54) is 0 Å². The highest BCUT2D eigenvalue weighted by Gasteiger charge is 2.31. The molecule has 2 aliphatic rings. The van der Waals surface area contributed by atoms with E-state index < -0.39 is 10.2 Å². The van der Waals surface area contributed by atoms with E-state index in [0.29, 0.717) is 25.6 Å². The predicted molar refractivity (Wildman–Crippen MR) is 73.9 cm³/mol. The zero-order valence-electron chi connectivity index (χ0n) is 11.4. The summed E-state index contributed by atoms with van der Waals surface area (Å²) in [6.07, 6.45) is 4.73. The van der Waals surface area contributed by atoms with Crippen LogP contribution in [0.25, 0.3) is 0 Å². The molecule has 1 unspecified atom stereocenters. The van der Waals surface area contributed by atoms with Crippen molar-refractivity contribution in [1.82, 2.24) is 9.03 Å².